The lowest BCUT2D eigenvalue weighted by molar-refractivity contribution is 0.553. The van der Waals surface area contributed by atoms with Gasteiger partial charge in [-0.15, -0.1) is 24.0 Å². The maximum absolute atomic E-state index is 14.0. The molecule has 2 atom stereocenters. The Labute approximate surface area is 193 Å². The molecule has 3 rings (SSSR count). The van der Waals surface area contributed by atoms with E-state index in [0.717, 1.165) is 5.56 Å². The number of hydrogen-bond donors (Lipinski definition) is 2. The number of nitrogens with zero attached hydrogens (tertiary/aromatic N) is 1. The normalized spacial score (nSPS) is 18.5. The first-order chi connectivity index (χ1) is 13.7. The second-order valence-corrected chi connectivity index (χ2v) is 9.28. The Hall–Kier alpha value is -1.75. The molecule has 1 fully saturated rings. The van der Waals surface area contributed by atoms with Gasteiger partial charge in [0.1, 0.15) is 11.6 Å². The van der Waals surface area contributed by atoms with Crippen molar-refractivity contribution in [2.75, 3.05) is 12.8 Å². The van der Waals surface area contributed by atoms with E-state index < -0.39 is 21.5 Å². The highest BCUT2D eigenvalue weighted by Gasteiger charge is 2.42. The number of aryl methyl sites for hydroxylation is 1. The standard InChI is InChI=1S/C21H25F2N3O2S.HI/c1-4-24-21(25-12-14-8-9-19(13(2)10-14)29(3,27)28)26-18-11-15(18)20-16(22)6-5-7-17(20)23;/h5-10,15,18H,4,11-12H2,1-3H3,(H2,24,25,26);1H. The fourth-order valence-electron chi connectivity index (χ4n) is 3.43. The lowest BCUT2D eigenvalue weighted by atomic mass is 10.1. The van der Waals surface area contributed by atoms with Gasteiger partial charge in [-0.05, 0) is 49.6 Å². The Bertz CT molecular complexity index is 1020. The maximum atomic E-state index is 14.0. The quantitative estimate of drug-likeness (QED) is 0.326. The zero-order valence-electron chi connectivity index (χ0n) is 17.1. The van der Waals surface area contributed by atoms with E-state index in [1.165, 1.54) is 24.5 Å². The minimum atomic E-state index is -3.26. The zero-order valence-corrected chi connectivity index (χ0v) is 20.2. The zero-order chi connectivity index (χ0) is 21.2. The van der Waals surface area contributed by atoms with Crippen molar-refractivity contribution in [1.29, 1.82) is 0 Å². The van der Waals surface area contributed by atoms with Gasteiger partial charge in [-0.3, -0.25) is 0 Å². The van der Waals surface area contributed by atoms with Crippen LogP contribution in [0.1, 0.15) is 36.0 Å². The smallest absolute Gasteiger partial charge is 0.191 e. The van der Waals surface area contributed by atoms with Gasteiger partial charge in [-0.1, -0.05) is 18.2 Å². The average molecular weight is 549 g/mol. The highest BCUT2D eigenvalue weighted by Crippen LogP contribution is 2.43. The summed E-state index contributed by atoms with van der Waals surface area (Å²) in [6.45, 7) is 4.68. The Morgan fingerprint density at radius 2 is 1.87 bits per heavy atom. The predicted molar refractivity (Wildman–Crippen MR) is 125 cm³/mol. The number of sulfone groups is 1. The molecule has 5 nitrogen and oxygen atoms in total. The third-order valence-corrected chi connectivity index (χ3v) is 6.14. The van der Waals surface area contributed by atoms with E-state index in [0.29, 0.717) is 35.9 Å². The first-order valence-electron chi connectivity index (χ1n) is 9.49. The third kappa shape index (κ3) is 5.90. The minimum Gasteiger partial charge on any atom is -0.357 e. The van der Waals surface area contributed by atoms with Crippen LogP contribution in [0.3, 0.4) is 0 Å². The number of aliphatic imine (C=N–C) groups is 1. The van der Waals surface area contributed by atoms with E-state index in [1.807, 2.05) is 6.92 Å². The van der Waals surface area contributed by atoms with Gasteiger partial charge in [0.2, 0.25) is 0 Å². The number of benzene rings is 2. The molecular formula is C21H26F2IN3O2S. The van der Waals surface area contributed by atoms with Crippen LogP contribution in [-0.4, -0.2) is 33.2 Å². The molecule has 1 saturated carbocycles. The fourth-order valence-corrected chi connectivity index (χ4v) is 4.39. The van der Waals surface area contributed by atoms with Gasteiger partial charge < -0.3 is 10.6 Å². The van der Waals surface area contributed by atoms with Crippen molar-refractivity contribution >= 4 is 39.8 Å². The van der Waals surface area contributed by atoms with E-state index in [1.54, 1.807) is 25.1 Å². The summed E-state index contributed by atoms with van der Waals surface area (Å²) >= 11 is 0. The summed E-state index contributed by atoms with van der Waals surface area (Å²) in [7, 11) is -3.26. The van der Waals surface area contributed by atoms with Crippen LogP contribution in [0.5, 0.6) is 0 Å². The molecule has 2 N–H and O–H groups in total. The molecule has 0 spiro atoms. The van der Waals surface area contributed by atoms with Crippen LogP contribution in [0.15, 0.2) is 46.3 Å². The summed E-state index contributed by atoms with van der Waals surface area (Å²) in [6.07, 6.45) is 1.81. The van der Waals surface area contributed by atoms with Gasteiger partial charge in [0.05, 0.1) is 11.4 Å². The summed E-state index contributed by atoms with van der Waals surface area (Å²) in [4.78, 5) is 4.84. The molecule has 0 aliphatic heterocycles. The van der Waals surface area contributed by atoms with Crippen molar-refractivity contribution in [2.45, 2.75) is 43.7 Å². The summed E-state index contributed by atoms with van der Waals surface area (Å²) in [5, 5.41) is 6.36. The molecule has 2 aromatic carbocycles. The van der Waals surface area contributed by atoms with Crippen LogP contribution in [0.4, 0.5) is 8.78 Å². The Kier molecular flexibility index (Phi) is 8.20. The predicted octanol–water partition coefficient (Wildman–Crippen LogP) is 3.91. The molecular weight excluding hydrogens is 523 g/mol. The molecule has 0 amide bonds. The Morgan fingerprint density at radius 1 is 1.20 bits per heavy atom. The highest BCUT2D eigenvalue weighted by molar-refractivity contribution is 14.0. The topological polar surface area (TPSA) is 70.6 Å². The Balaban J connectivity index is 0.00000320. The molecule has 164 valence electrons. The highest BCUT2D eigenvalue weighted by atomic mass is 127. The molecule has 9 heteroatoms. The van der Waals surface area contributed by atoms with Crippen molar-refractivity contribution in [2.24, 2.45) is 4.99 Å². The molecule has 0 saturated heterocycles. The second-order valence-electron chi connectivity index (χ2n) is 7.30. The number of halogens is 3. The molecule has 0 aromatic heterocycles. The maximum Gasteiger partial charge on any atom is 0.191 e. The van der Waals surface area contributed by atoms with E-state index in [2.05, 4.69) is 15.6 Å². The minimum absolute atomic E-state index is 0. The lowest BCUT2D eigenvalue weighted by Crippen LogP contribution is -2.39. The van der Waals surface area contributed by atoms with Gasteiger partial charge >= 0.3 is 0 Å². The molecule has 0 heterocycles. The Morgan fingerprint density at radius 3 is 2.43 bits per heavy atom. The second kappa shape index (κ2) is 10.0. The van der Waals surface area contributed by atoms with E-state index >= 15 is 0 Å². The fraction of sp³-hybridized carbons (Fsp3) is 0.381. The molecule has 2 aromatic rings. The van der Waals surface area contributed by atoms with Gasteiger partial charge in [-0.2, -0.15) is 0 Å². The number of nitrogens with one attached hydrogen (secondary N) is 2. The lowest BCUT2D eigenvalue weighted by Gasteiger charge is -2.12. The van der Waals surface area contributed by atoms with Crippen LogP contribution >= 0.6 is 24.0 Å². The van der Waals surface area contributed by atoms with Gasteiger partial charge in [-0.25, -0.2) is 22.2 Å². The molecule has 1 aliphatic rings. The van der Waals surface area contributed by atoms with Crippen molar-refractivity contribution in [3.8, 4) is 0 Å². The van der Waals surface area contributed by atoms with Crippen molar-refractivity contribution in [3.63, 3.8) is 0 Å². The van der Waals surface area contributed by atoms with E-state index in [-0.39, 0.29) is 41.5 Å². The van der Waals surface area contributed by atoms with Crippen LogP contribution < -0.4 is 10.6 Å². The summed E-state index contributed by atoms with van der Waals surface area (Å²) in [5.41, 5.74) is 1.67. The molecule has 30 heavy (non-hydrogen) atoms. The molecule has 1 aliphatic carbocycles. The largest absolute Gasteiger partial charge is 0.357 e. The molecule has 2 unspecified atom stereocenters. The average Bonchev–Trinajstić information content (AvgIpc) is 3.37. The third-order valence-electron chi connectivity index (χ3n) is 4.89. The summed E-state index contributed by atoms with van der Waals surface area (Å²) < 4.78 is 51.4. The van der Waals surface area contributed by atoms with Crippen LogP contribution in [0.2, 0.25) is 0 Å². The van der Waals surface area contributed by atoms with Crippen LogP contribution in [0, 0.1) is 18.6 Å². The number of guanidine groups is 1. The van der Waals surface area contributed by atoms with Crippen LogP contribution in [-0.2, 0) is 16.4 Å². The summed E-state index contributed by atoms with van der Waals surface area (Å²) in [5.74, 6) is -0.719. The SMILES string of the molecule is CCNC(=NCc1ccc(S(C)(=O)=O)c(C)c1)NC1CC1c1c(F)cccc1F.I. The molecule has 0 bridgehead atoms. The first kappa shape index (κ1) is 24.5. The monoisotopic (exact) mass is 549 g/mol. The van der Waals surface area contributed by atoms with E-state index in [4.69, 9.17) is 0 Å². The van der Waals surface area contributed by atoms with Crippen LogP contribution in [0.25, 0.3) is 0 Å². The van der Waals surface area contributed by atoms with Gasteiger partial charge in [0, 0.05) is 30.3 Å². The van der Waals surface area contributed by atoms with Crippen molar-refractivity contribution in [3.05, 3.63) is 64.7 Å². The number of hydrogen-bond acceptors (Lipinski definition) is 3. The van der Waals surface area contributed by atoms with Crippen molar-refractivity contribution < 1.29 is 17.2 Å². The van der Waals surface area contributed by atoms with Crippen molar-refractivity contribution in [1.82, 2.24) is 10.6 Å². The van der Waals surface area contributed by atoms with E-state index in [9.17, 15) is 17.2 Å². The molecule has 0 radical (unpaired) electrons. The van der Waals surface area contributed by atoms with Gasteiger partial charge in [0.25, 0.3) is 0 Å². The van der Waals surface area contributed by atoms with Gasteiger partial charge in [0.15, 0.2) is 15.8 Å². The first-order valence-corrected chi connectivity index (χ1v) is 11.4. The summed E-state index contributed by atoms with van der Waals surface area (Å²) in [6, 6.07) is 8.96. The number of rotatable bonds is 6.